The van der Waals surface area contributed by atoms with Gasteiger partial charge in [0, 0.05) is 12.1 Å². The van der Waals surface area contributed by atoms with Crippen molar-refractivity contribution in [3.63, 3.8) is 0 Å². The van der Waals surface area contributed by atoms with Crippen LogP contribution in [0.25, 0.3) is 11.1 Å². The molecule has 0 aromatic heterocycles. The average Bonchev–Trinajstić information content (AvgIpc) is 3.02. The molecule has 116 valence electrons. The monoisotopic (exact) mass is 309 g/mol. The molecule has 0 unspecified atom stereocenters. The third-order valence-electron chi connectivity index (χ3n) is 5.07. The number of nitrogens with zero attached hydrogens (tertiary/aromatic N) is 1. The lowest BCUT2D eigenvalue weighted by Crippen LogP contribution is -2.37. The zero-order valence-electron chi connectivity index (χ0n) is 12.4. The van der Waals surface area contributed by atoms with E-state index in [1.54, 1.807) is 12.1 Å². The van der Waals surface area contributed by atoms with Gasteiger partial charge >= 0.3 is 0 Å². The number of benzene rings is 2. The summed E-state index contributed by atoms with van der Waals surface area (Å²) in [6.45, 7) is 0.926. The number of hydrogen-bond acceptors (Lipinski definition) is 4. The number of phenols is 1. The molecule has 5 heteroatoms. The van der Waals surface area contributed by atoms with E-state index in [0.717, 1.165) is 41.0 Å². The number of amides is 1. The fourth-order valence-corrected chi connectivity index (χ4v) is 4.08. The van der Waals surface area contributed by atoms with E-state index in [-0.39, 0.29) is 18.6 Å². The number of carbonyl (C=O) groups is 1. The number of phenolic OH excluding ortho intramolecular Hbond substituents is 1. The maximum Gasteiger partial charge on any atom is 0.231 e. The van der Waals surface area contributed by atoms with E-state index in [4.69, 9.17) is 9.47 Å². The van der Waals surface area contributed by atoms with Crippen molar-refractivity contribution >= 4 is 6.41 Å². The van der Waals surface area contributed by atoms with Gasteiger partial charge in [0.25, 0.3) is 0 Å². The lowest BCUT2D eigenvalue weighted by atomic mass is 9.76. The van der Waals surface area contributed by atoms with Crippen molar-refractivity contribution in [3.05, 3.63) is 41.0 Å². The summed E-state index contributed by atoms with van der Waals surface area (Å²) in [6.07, 6.45) is 2.46. The van der Waals surface area contributed by atoms with Crippen molar-refractivity contribution in [1.82, 2.24) is 4.90 Å². The second-order valence-corrected chi connectivity index (χ2v) is 6.21. The third kappa shape index (κ3) is 1.64. The number of rotatable bonds is 1. The van der Waals surface area contributed by atoms with Crippen LogP contribution in [0.1, 0.15) is 22.7 Å². The maximum atomic E-state index is 11.5. The van der Waals surface area contributed by atoms with Crippen LogP contribution in [-0.4, -0.2) is 29.8 Å². The predicted molar refractivity (Wildman–Crippen MR) is 82.6 cm³/mol. The molecule has 3 aliphatic rings. The van der Waals surface area contributed by atoms with Gasteiger partial charge in [0.05, 0.1) is 6.04 Å². The minimum absolute atomic E-state index is 0.00458. The quantitative estimate of drug-likeness (QED) is 0.822. The Labute approximate surface area is 133 Å². The van der Waals surface area contributed by atoms with Crippen molar-refractivity contribution in [2.24, 2.45) is 0 Å². The first-order valence-electron chi connectivity index (χ1n) is 7.75. The smallest absolute Gasteiger partial charge is 0.231 e. The highest BCUT2D eigenvalue weighted by molar-refractivity contribution is 5.84. The van der Waals surface area contributed by atoms with Gasteiger partial charge in [0.1, 0.15) is 5.75 Å². The Morgan fingerprint density at radius 3 is 3.00 bits per heavy atom. The Morgan fingerprint density at radius 1 is 1.22 bits per heavy atom. The summed E-state index contributed by atoms with van der Waals surface area (Å²) in [7, 11) is 0. The summed E-state index contributed by atoms with van der Waals surface area (Å²) in [6, 6.07) is 7.46. The first kappa shape index (κ1) is 12.8. The number of hydrogen-bond donors (Lipinski definition) is 1. The molecule has 0 saturated carbocycles. The highest BCUT2D eigenvalue weighted by Gasteiger charge is 2.38. The number of fused-ring (bicyclic) bond motifs is 4. The van der Waals surface area contributed by atoms with E-state index in [1.807, 2.05) is 11.0 Å². The first-order chi connectivity index (χ1) is 11.3. The van der Waals surface area contributed by atoms with Crippen molar-refractivity contribution in [3.8, 4) is 28.4 Å². The molecule has 1 amide bonds. The van der Waals surface area contributed by atoms with Crippen LogP contribution in [0.2, 0.25) is 0 Å². The van der Waals surface area contributed by atoms with Crippen molar-refractivity contribution in [2.75, 3.05) is 13.3 Å². The van der Waals surface area contributed by atoms with Crippen LogP contribution in [0.4, 0.5) is 0 Å². The minimum atomic E-state index is -0.00458. The SMILES string of the molecule is O=CN1CCc2cc3c(c4c2[C@H]1Cc1cc(O)ccc1-4)OCO3. The molecule has 2 aromatic rings. The summed E-state index contributed by atoms with van der Waals surface area (Å²) in [5, 5.41) is 9.84. The zero-order valence-corrected chi connectivity index (χ0v) is 12.4. The van der Waals surface area contributed by atoms with Crippen LogP contribution in [0.5, 0.6) is 17.2 Å². The van der Waals surface area contributed by atoms with Crippen molar-refractivity contribution in [2.45, 2.75) is 18.9 Å². The van der Waals surface area contributed by atoms with Gasteiger partial charge in [0.15, 0.2) is 11.5 Å². The molecule has 2 aliphatic heterocycles. The number of ether oxygens (including phenoxy) is 2. The minimum Gasteiger partial charge on any atom is -0.508 e. The lowest BCUT2D eigenvalue weighted by Gasteiger charge is -2.40. The second kappa shape index (κ2) is 4.41. The summed E-state index contributed by atoms with van der Waals surface area (Å²) in [5.41, 5.74) is 5.51. The molecule has 1 aliphatic carbocycles. The van der Waals surface area contributed by atoms with E-state index in [9.17, 15) is 9.90 Å². The van der Waals surface area contributed by atoms with E-state index >= 15 is 0 Å². The van der Waals surface area contributed by atoms with E-state index in [1.165, 1.54) is 11.1 Å². The maximum absolute atomic E-state index is 11.5. The van der Waals surface area contributed by atoms with Gasteiger partial charge in [-0.05, 0) is 53.3 Å². The Kier molecular flexibility index (Phi) is 2.46. The molecule has 0 fully saturated rings. The summed E-state index contributed by atoms with van der Waals surface area (Å²) >= 11 is 0. The van der Waals surface area contributed by atoms with E-state index < -0.39 is 0 Å². The molecule has 0 saturated heterocycles. The van der Waals surface area contributed by atoms with E-state index in [0.29, 0.717) is 13.0 Å². The number of aromatic hydroxyl groups is 1. The van der Waals surface area contributed by atoms with Crippen LogP contribution < -0.4 is 9.47 Å². The Hall–Kier alpha value is -2.69. The standard InChI is InChI=1S/C18H15NO4/c20-8-19-4-3-10-7-15-18(23-9-22-15)17-13-2-1-12(21)5-11(13)6-14(19)16(10)17/h1-2,5,7-8,14,21H,3-4,6,9H2/t14-/m1/s1. The summed E-state index contributed by atoms with van der Waals surface area (Å²) < 4.78 is 11.3. The highest BCUT2D eigenvalue weighted by atomic mass is 16.7. The molecular formula is C18H15NO4. The van der Waals surface area contributed by atoms with Gasteiger partial charge in [-0.15, -0.1) is 0 Å². The Balaban J connectivity index is 1.85. The van der Waals surface area contributed by atoms with Gasteiger partial charge in [-0.2, -0.15) is 0 Å². The Morgan fingerprint density at radius 2 is 2.13 bits per heavy atom. The average molecular weight is 309 g/mol. The summed E-state index contributed by atoms with van der Waals surface area (Å²) in [5.74, 6) is 1.77. The third-order valence-corrected chi connectivity index (χ3v) is 5.07. The molecule has 5 rings (SSSR count). The molecule has 1 atom stereocenters. The molecule has 0 radical (unpaired) electrons. The van der Waals surface area contributed by atoms with Crippen molar-refractivity contribution < 1.29 is 19.4 Å². The highest BCUT2D eigenvalue weighted by Crippen LogP contribution is 2.53. The van der Waals surface area contributed by atoms with Gasteiger partial charge < -0.3 is 19.5 Å². The fourth-order valence-electron chi connectivity index (χ4n) is 4.08. The predicted octanol–water partition coefficient (Wildman–Crippen LogP) is 2.40. The van der Waals surface area contributed by atoms with Gasteiger partial charge in [-0.1, -0.05) is 6.07 Å². The van der Waals surface area contributed by atoms with Gasteiger partial charge in [-0.3, -0.25) is 4.79 Å². The van der Waals surface area contributed by atoms with Crippen LogP contribution in [-0.2, 0) is 17.6 Å². The Bertz CT molecular complexity index is 845. The van der Waals surface area contributed by atoms with Crippen LogP contribution in [0.3, 0.4) is 0 Å². The molecular weight excluding hydrogens is 294 g/mol. The molecule has 0 spiro atoms. The molecule has 5 nitrogen and oxygen atoms in total. The summed E-state index contributed by atoms with van der Waals surface area (Å²) in [4.78, 5) is 13.4. The first-order valence-corrected chi connectivity index (χ1v) is 7.75. The second-order valence-electron chi connectivity index (χ2n) is 6.21. The van der Waals surface area contributed by atoms with E-state index in [2.05, 4.69) is 6.07 Å². The largest absolute Gasteiger partial charge is 0.508 e. The van der Waals surface area contributed by atoms with Crippen molar-refractivity contribution in [1.29, 1.82) is 0 Å². The number of carbonyl (C=O) groups excluding carboxylic acids is 1. The molecule has 23 heavy (non-hydrogen) atoms. The topological polar surface area (TPSA) is 59.0 Å². The zero-order chi connectivity index (χ0) is 15.6. The van der Waals surface area contributed by atoms with Crippen LogP contribution in [0, 0.1) is 0 Å². The van der Waals surface area contributed by atoms with Crippen LogP contribution in [0.15, 0.2) is 24.3 Å². The normalized spacial score (nSPS) is 20.0. The molecule has 0 bridgehead atoms. The van der Waals surface area contributed by atoms with Crippen LogP contribution >= 0.6 is 0 Å². The van der Waals surface area contributed by atoms with Gasteiger partial charge in [0.2, 0.25) is 13.2 Å². The lowest BCUT2D eigenvalue weighted by molar-refractivity contribution is -0.120. The molecule has 2 heterocycles. The molecule has 2 aromatic carbocycles. The molecule has 1 N–H and O–H groups in total. The fraction of sp³-hybridized carbons (Fsp3) is 0.278. The van der Waals surface area contributed by atoms with Gasteiger partial charge in [-0.25, -0.2) is 0 Å².